The molecule has 0 radical (unpaired) electrons. The molecule has 6 saturated heterocycles. The molecule has 29 heteroatoms. The summed E-state index contributed by atoms with van der Waals surface area (Å²) in [6, 6.07) is 38.8. The van der Waals surface area contributed by atoms with Crippen molar-refractivity contribution in [1.29, 1.82) is 0 Å². The molecule has 6 heterocycles. The lowest BCUT2D eigenvalue weighted by molar-refractivity contribution is -0.763. The minimum atomic E-state index is -0.944. The van der Waals surface area contributed by atoms with Gasteiger partial charge >= 0.3 is 35.8 Å². The molecule has 0 amide bonds. The Bertz CT molecular complexity index is 4030. The summed E-state index contributed by atoms with van der Waals surface area (Å²) in [5.41, 5.74) is 3.95. The number of benzene rings is 6. The van der Waals surface area contributed by atoms with Crippen LogP contribution in [0, 0.1) is 20.2 Å². The molecule has 6 fully saturated rings. The van der Waals surface area contributed by atoms with Crippen molar-refractivity contribution in [3.05, 3.63) is 233 Å². The second-order valence-corrected chi connectivity index (χ2v) is 23.2. The molecular formula is C70H66N2O27. The standard InChI is InChI=1S/C24H24O7.2C23H21NO10/c1-3-15-8-10-16(11-9-15)23(26)30-19-12-28-22-20(13-29-21(19)22)31-24(27)18-7-5-4-6-17(18)14(2)25;1-13(25)16-7-2-3-8-17(16)23(27)34-19-12-31-20-18(11-30-21(19)20)33-22(26)15-6-4-5-14(9-15)10-32-24(28)29;1-13(25)15-7-4-5-9-17(15)23(27)34-19-12-31-20-18(11-30-21(19)20)33-22(26)16-8-3-2-6-14(16)10-32-24(28)29/h4-11,19-22H,3,12-13H2,1-2H3;2*2-9,18-21H,10-12H2,1H3/t19-,20+,21-,22-;2*18-,19+,20-,21-/m111/s1. The Balaban J connectivity index is 0.000000161. The molecule has 0 bridgehead atoms. The van der Waals surface area contributed by atoms with Gasteiger partial charge in [0.05, 0.1) is 73.0 Å². The van der Waals surface area contributed by atoms with Crippen molar-refractivity contribution in [1.82, 2.24) is 0 Å². The van der Waals surface area contributed by atoms with Crippen LogP contribution in [0.1, 0.15) is 138 Å². The van der Waals surface area contributed by atoms with Gasteiger partial charge in [0.25, 0.3) is 10.2 Å². The monoisotopic (exact) mass is 1370 g/mol. The van der Waals surface area contributed by atoms with Crippen LogP contribution in [0.25, 0.3) is 0 Å². The van der Waals surface area contributed by atoms with Crippen LogP contribution in [0.15, 0.2) is 146 Å². The van der Waals surface area contributed by atoms with E-state index >= 15 is 0 Å². The van der Waals surface area contributed by atoms with Gasteiger partial charge in [-0.2, -0.15) is 0 Å². The minimum Gasteiger partial charge on any atom is -0.453 e. The van der Waals surface area contributed by atoms with E-state index in [1.165, 1.54) is 57.2 Å². The van der Waals surface area contributed by atoms with Crippen molar-refractivity contribution < 1.29 is 120 Å². The lowest BCUT2D eigenvalue weighted by Crippen LogP contribution is -2.36. The molecule has 0 N–H and O–H groups in total. The zero-order valence-electron chi connectivity index (χ0n) is 53.6. The number of ether oxygens (including phenoxy) is 12. The van der Waals surface area contributed by atoms with E-state index in [1.54, 1.807) is 97.1 Å². The maximum Gasteiger partial charge on any atom is 0.339 e. The number of ketones is 3. The van der Waals surface area contributed by atoms with E-state index in [2.05, 4.69) is 9.68 Å². The second kappa shape index (κ2) is 32.6. The number of hydrogen-bond donors (Lipinski definition) is 0. The van der Waals surface area contributed by atoms with Gasteiger partial charge in [0.2, 0.25) is 0 Å². The van der Waals surface area contributed by atoms with Crippen LogP contribution in [0.2, 0.25) is 0 Å². The van der Waals surface area contributed by atoms with Gasteiger partial charge in [-0.15, -0.1) is 20.2 Å². The number of rotatable bonds is 22. The van der Waals surface area contributed by atoms with Crippen molar-refractivity contribution in [3.63, 3.8) is 0 Å². The van der Waals surface area contributed by atoms with E-state index in [0.717, 1.165) is 12.0 Å². The molecule has 6 aromatic rings. The summed E-state index contributed by atoms with van der Waals surface area (Å²) in [5, 5.41) is 19.0. The highest BCUT2D eigenvalue weighted by Gasteiger charge is 2.54. The summed E-state index contributed by atoms with van der Waals surface area (Å²) in [6.45, 7) is 5.90. The molecule has 12 atom stereocenters. The van der Waals surface area contributed by atoms with E-state index in [1.807, 2.05) is 19.1 Å². The Morgan fingerprint density at radius 1 is 0.354 bits per heavy atom. The van der Waals surface area contributed by atoms with E-state index in [9.17, 15) is 63.4 Å². The fourth-order valence-corrected chi connectivity index (χ4v) is 11.8. The van der Waals surface area contributed by atoms with Crippen LogP contribution in [0.5, 0.6) is 0 Å². The van der Waals surface area contributed by atoms with Crippen LogP contribution in [0.4, 0.5) is 0 Å². The van der Waals surface area contributed by atoms with Crippen LogP contribution < -0.4 is 0 Å². The number of aryl methyl sites for hydroxylation is 1. The second-order valence-electron chi connectivity index (χ2n) is 23.2. The highest BCUT2D eigenvalue weighted by atomic mass is 17.0. The van der Waals surface area contributed by atoms with Crippen molar-refractivity contribution in [2.45, 2.75) is 121 Å². The SMILES string of the molecule is CC(=O)c1ccccc1C(=O)O[C@H]1CO[C@H]2[C@@H]1OC[C@H]2OC(=O)c1cccc(CO[N+](=O)[O-])c1.CC(=O)c1ccccc1C(=O)O[C@H]1CO[C@H]2[C@@H]1OC[C@H]2OC(=O)c1ccccc1CO[N+](=O)[O-].CCc1ccc(C(=O)O[C@@H]2CO[C@H]3[C@@H]2OC[C@@H]3OC(=O)c2ccccc2C(C)=O)cc1. The van der Waals surface area contributed by atoms with Gasteiger partial charge in [-0.3, -0.25) is 14.4 Å². The third kappa shape index (κ3) is 17.4. The number of hydrogen-bond acceptors (Lipinski definition) is 27. The average molecular weight is 1370 g/mol. The van der Waals surface area contributed by atoms with E-state index in [-0.39, 0.29) is 103 Å². The third-order valence-electron chi connectivity index (χ3n) is 16.7. The zero-order valence-corrected chi connectivity index (χ0v) is 53.6. The molecule has 0 aromatic heterocycles. The fraction of sp³-hybridized carbons (Fsp3) is 0.357. The van der Waals surface area contributed by atoms with Crippen LogP contribution >= 0.6 is 0 Å². The quantitative estimate of drug-likeness (QED) is 0.0211. The molecule has 6 aromatic carbocycles. The fourth-order valence-electron chi connectivity index (χ4n) is 11.8. The summed E-state index contributed by atoms with van der Waals surface area (Å²) < 4.78 is 67.7. The Labute approximate surface area is 563 Å². The van der Waals surface area contributed by atoms with Crippen LogP contribution in [0.3, 0.4) is 0 Å². The molecule has 0 unspecified atom stereocenters. The summed E-state index contributed by atoms with van der Waals surface area (Å²) in [7, 11) is 0. The number of Topliss-reactive ketones (excluding diaryl/α,β-unsaturated/α-hetero) is 3. The van der Waals surface area contributed by atoms with Crippen molar-refractivity contribution in [2.75, 3.05) is 39.6 Å². The first-order chi connectivity index (χ1) is 47.6. The Hall–Kier alpha value is -10.7. The van der Waals surface area contributed by atoms with Gasteiger partial charge in [0.15, 0.2) is 54.0 Å². The molecule has 518 valence electrons. The first-order valence-corrected chi connectivity index (χ1v) is 31.2. The summed E-state index contributed by atoms with van der Waals surface area (Å²) in [6.07, 6.45) is -6.95. The lowest BCUT2D eigenvalue weighted by atomic mass is 10.0. The topological polar surface area (TPSA) is 369 Å². The maximum atomic E-state index is 12.7. The number of nitrogens with zero attached hydrogens (tertiary/aromatic N) is 2. The molecule has 0 spiro atoms. The van der Waals surface area contributed by atoms with Gasteiger partial charge in [-0.1, -0.05) is 104 Å². The Morgan fingerprint density at radius 3 is 1.00 bits per heavy atom. The number of fused-ring (bicyclic) bond motifs is 3. The van der Waals surface area contributed by atoms with Crippen molar-refractivity contribution in [3.8, 4) is 0 Å². The Morgan fingerprint density at radius 2 is 0.657 bits per heavy atom. The first kappa shape index (κ1) is 71.1. The van der Waals surface area contributed by atoms with E-state index in [0.29, 0.717) is 22.3 Å². The van der Waals surface area contributed by atoms with Gasteiger partial charge in [-0.05, 0) is 92.4 Å². The highest BCUT2D eigenvalue weighted by Crippen LogP contribution is 2.35. The molecule has 29 nitrogen and oxygen atoms in total. The number of carbonyl (C=O) groups is 9. The predicted octanol–water partition coefficient (Wildman–Crippen LogP) is 7.29. The summed E-state index contributed by atoms with van der Waals surface area (Å²) in [5.74, 6) is -4.51. The largest absolute Gasteiger partial charge is 0.453 e. The molecule has 12 rings (SSSR count). The zero-order chi connectivity index (χ0) is 70.4. The van der Waals surface area contributed by atoms with Crippen LogP contribution in [-0.4, -0.2) is 176 Å². The molecule has 6 aliphatic heterocycles. The predicted molar refractivity (Wildman–Crippen MR) is 335 cm³/mol. The first-order valence-electron chi connectivity index (χ1n) is 31.2. The average Bonchev–Trinajstić information content (AvgIpc) is 1.66. The lowest BCUT2D eigenvalue weighted by Gasteiger charge is -2.18. The van der Waals surface area contributed by atoms with Gasteiger partial charge in [0, 0.05) is 16.7 Å². The van der Waals surface area contributed by atoms with Gasteiger partial charge in [-0.25, -0.2) is 28.8 Å². The smallest absolute Gasteiger partial charge is 0.339 e. The minimum absolute atomic E-state index is 0.0206. The summed E-state index contributed by atoms with van der Waals surface area (Å²) in [4.78, 5) is 141. The molecule has 6 aliphatic rings. The summed E-state index contributed by atoms with van der Waals surface area (Å²) >= 11 is 0. The highest BCUT2D eigenvalue weighted by molar-refractivity contribution is 6.07. The van der Waals surface area contributed by atoms with Gasteiger partial charge in [0.1, 0.15) is 49.8 Å². The normalized spacial score (nSPS) is 23.5. The Kier molecular flexibility index (Phi) is 23.4. The van der Waals surface area contributed by atoms with Crippen LogP contribution in [-0.2, 0) is 86.2 Å². The molecule has 0 aliphatic carbocycles. The maximum absolute atomic E-state index is 12.7. The number of carbonyl (C=O) groups excluding carboxylic acids is 9. The van der Waals surface area contributed by atoms with Gasteiger partial charge < -0.3 is 66.5 Å². The molecular weight excluding hydrogens is 1300 g/mol. The molecule has 0 saturated carbocycles. The van der Waals surface area contributed by atoms with Crippen molar-refractivity contribution >= 4 is 53.2 Å². The number of esters is 6. The van der Waals surface area contributed by atoms with E-state index < -0.39 is 126 Å². The molecule has 99 heavy (non-hydrogen) atoms. The van der Waals surface area contributed by atoms with E-state index in [4.69, 9.17) is 56.8 Å². The third-order valence-corrected chi connectivity index (χ3v) is 16.7. The van der Waals surface area contributed by atoms with Crippen molar-refractivity contribution in [2.24, 2.45) is 0 Å².